The third-order valence-electron chi connectivity index (χ3n) is 4.81. The van der Waals surface area contributed by atoms with E-state index in [0.29, 0.717) is 25.3 Å². The van der Waals surface area contributed by atoms with E-state index < -0.39 is 0 Å². The van der Waals surface area contributed by atoms with E-state index in [1.807, 2.05) is 17.0 Å². The highest BCUT2D eigenvalue weighted by atomic mass is 16.5. The predicted octanol–water partition coefficient (Wildman–Crippen LogP) is 1.46. The van der Waals surface area contributed by atoms with Crippen LogP contribution in [0, 0.1) is 0 Å². The Bertz CT molecular complexity index is 713. The number of hydrogen-bond donors (Lipinski definition) is 0. The minimum absolute atomic E-state index is 0.0184. The Labute approximate surface area is 146 Å². The van der Waals surface area contributed by atoms with Gasteiger partial charge in [0.25, 0.3) is 5.91 Å². The average Bonchev–Trinajstić information content (AvgIpc) is 2.96. The van der Waals surface area contributed by atoms with Crippen molar-refractivity contribution in [1.29, 1.82) is 0 Å². The second-order valence-corrected chi connectivity index (χ2v) is 6.32. The molecule has 130 valence electrons. The van der Waals surface area contributed by atoms with E-state index >= 15 is 0 Å². The van der Waals surface area contributed by atoms with Crippen LogP contribution in [0.5, 0.6) is 0 Å². The number of carbonyl (C=O) groups is 1. The van der Waals surface area contributed by atoms with Gasteiger partial charge in [0.1, 0.15) is 6.10 Å². The summed E-state index contributed by atoms with van der Waals surface area (Å²) in [6, 6.07) is 5.59. The van der Waals surface area contributed by atoms with Gasteiger partial charge >= 0.3 is 0 Å². The zero-order chi connectivity index (χ0) is 17.1. The minimum Gasteiger partial charge on any atom is -0.374 e. The number of fused-ring (bicyclic) bond motifs is 2. The van der Waals surface area contributed by atoms with Gasteiger partial charge in [-0.2, -0.15) is 10.2 Å². The van der Waals surface area contributed by atoms with Crippen molar-refractivity contribution in [3.05, 3.63) is 54.1 Å². The largest absolute Gasteiger partial charge is 0.374 e. The fourth-order valence-electron chi connectivity index (χ4n) is 3.62. The predicted molar refractivity (Wildman–Crippen MR) is 88.6 cm³/mol. The molecule has 2 fully saturated rings. The first-order valence-electron chi connectivity index (χ1n) is 8.53. The van der Waals surface area contributed by atoms with E-state index in [9.17, 15) is 4.79 Å². The molecule has 3 atom stereocenters. The van der Waals surface area contributed by atoms with Crippen LogP contribution in [-0.4, -0.2) is 57.4 Å². The first kappa shape index (κ1) is 16.1. The zero-order valence-electron chi connectivity index (χ0n) is 13.8. The quantitative estimate of drug-likeness (QED) is 0.839. The highest BCUT2D eigenvalue weighted by Crippen LogP contribution is 2.33. The Kier molecular flexibility index (Phi) is 4.67. The smallest absolute Gasteiger partial charge is 0.255 e. The van der Waals surface area contributed by atoms with Crippen molar-refractivity contribution in [3.8, 4) is 0 Å². The number of nitrogens with zero attached hydrogens (tertiary/aromatic N) is 4. The maximum Gasteiger partial charge on any atom is 0.255 e. The van der Waals surface area contributed by atoms with E-state index in [1.54, 1.807) is 18.5 Å². The summed E-state index contributed by atoms with van der Waals surface area (Å²) in [5.41, 5.74) is 1.56. The monoisotopic (exact) mass is 340 g/mol. The molecule has 2 aliphatic rings. The molecule has 0 spiro atoms. The van der Waals surface area contributed by atoms with Crippen LogP contribution in [0.3, 0.4) is 0 Å². The summed E-state index contributed by atoms with van der Waals surface area (Å²) in [6.07, 6.45) is 8.28. The second kappa shape index (κ2) is 7.25. The Morgan fingerprint density at radius 3 is 3.00 bits per heavy atom. The summed E-state index contributed by atoms with van der Waals surface area (Å²) in [5, 5.41) is 7.55. The standard InChI is InChI=1S/C18H20N4O3/c23-18(14-5-7-20-21-11-14)22-8-9-24-16-4-3-15(22)17(16)25-12-13-2-1-6-19-10-13/h1-2,5-7,10-11,15-17H,3-4,8-9,12H2/t15-,16-,17+/m0/s1. The summed E-state index contributed by atoms with van der Waals surface area (Å²) in [6.45, 7) is 1.56. The van der Waals surface area contributed by atoms with Crippen molar-refractivity contribution < 1.29 is 14.3 Å². The van der Waals surface area contributed by atoms with Crippen molar-refractivity contribution in [2.24, 2.45) is 0 Å². The molecule has 2 bridgehead atoms. The summed E-state index contributed by atoms with van der Waals surface area (Å²) in [5.74, 6) is -0.0407. The molecule has 1 amide bonds. The molecule has 1 saturated heterocycles. The molecule has 4 rings (SSSR count). The number of aromatic nitrogens is 3. The lowest BCUT2D eigenvalue weighted by Crippen LogP contribution is -2.46. The minimum atomic E-state index is -0.124. The van der Waals surface area contributed by atoms with Gasteiger partial charge in [0.2, 0.25) is 0 Å². The van der Waals surface area contributed by atoms with Gasteiger partial charge < -0.3 is 14.4 Å². The van der Waals surface area contributed by atoms with Crippen LogP contribution in [0.2, 0.25) is 0 Å². The number of rotatable bonds is 4. The van der Waals surface area contributed by atoms with Crippen molar-refractivity contribution in [2.45, 2.75) is 37.7 Å². The van der Waals surface area contributed by atoms with E-state index in [0.717, 1.165) is 18.4 Å². The van der Waals surface area contributed by atoms with Crippen molar-refractivity contribution in [1.82, 2.24) is 20.1 Å². The third-order valence-corrected chi connectivity index (χ3v) is 4.81. The lowest BCUT2D eigenvalue weighted by Gasteiger charge is -2.31. The van der Waals surface area contributed by atoms with Gasteiger partial charge in [0, 0.05) is 18.9 Å². The molecule has 2 aromatic rings. The SMILES string of the molecule is O=C(c1ccnnc1)N1CCO[C@H]2CC[C@H]1[C@H]2OCc1cccnc1. The van der Waals surface area contributed by atoms with Crippen molar-refractivity contribution >= 4 is 5.91 Å². The molecule has 1 aliphatic heterocycles. The second-order valence-electron chi connectivity index (χ2n) is 6.32. The molecule has 0 unspecified atom stereocenters. The summed E-state index contributed by atoms with van der Waals surface area (Å²) < 4.78 is 12.1. The van der Waals surface area contributed by atoms with Crippen LogP contribution in [0.15, 0.2) is 43.0 Å². The van der Waals surface area contributed by atoms with Gasteiger partial charge in [0.05, 0.1) is 43.3 Å². The Morgan fingerprint density at radius 1 is 1.24 bits per heavy atom. The van der Waals surface area contributed by atoms with Crippen LogP contribution >= 0.6 is 0 Å². The molecule has 1 aliphatic carbocycles. The fraction of sp³-hybridized carbons (Fsp3) is 0.444. The van der Waals surface area contributed by atoms with Gasteiger partial charge in [-0.1, -0.05) is 6.07 Å². The molecule has 7 heteroatoms. The van der Waals surface area contributed by atoms with Gasteiger partial charge in [0.15, 0.2) is 0 Å². The molecule has 0 aromatic carbocycles. The van der Waals surface area contributed by atoms with Gasteiger partial charge in [-0.3, -0.25) is 9.78 Å². The van der Waals surface area contributed by atoms with Crippen LogP contribution in [-0.2, 0) is 16.1 Å². The van der Waals surface area contributed by atoms with Crippen molar-refractivity contribution in [2.75, 3.05) is 13.2 Å². The lowest BCUT2D eigenvalue weighted by molar-refractivity contribution is -0.0598. The third kappa shape index (κ3) is 3.38. The van der Waals surface area contributed by atoms with E-state index in [2.05, 4.69) is 15.2 Å². The molecular weight excluding hydrogens is 320 g/mol. The zero-order valence-corrected chi connectivity index (χ0v) is 13.8. The van der Waals surface area contributed by atoms with Gasteiger partial charge in [-0.15, -0.1) is 0 Å². The highest BCUT2D eigenvalue weighted by molar-refractivity contribution is 5.94. The van der Waals surface area contributed by atoms with Crippen LogP contribution in [0.4, 0.5) is 0 Å². The van der Waals surface area contributed by atoms with Gasteiger partial charge in [-0.05, 0) is 30.5 Å². The van der Waals surface area contributed by atoms with Gasteiger partial charge in [-0.25, -0.2) is 0 Å². The van der Waals surface area contributed by atoms with E-state index in [4.69, 9.17) is 9.47 Å². The maximum absolute atomic E-state index is 12.9. The number of hydrogen-bond acceptors (Lipinski definition) is 6. The summed E-state index contributed by atoms with van der Waals surface area (Å²) in [4.78, 5) is 18.9. The number of ether oxygens (including phenoxy) is 2. The Morgan fingerprint density at radius 2 is 2.20 bits per heavy atom. The molecule has 25 heavy (non-hydrogen) atoms. The highest BCUT2D eigenvalue weighted by Gasteiger charge is 2.44. The molecule has 3 heterocycles. The Balaban J connectivity index is 1.51. The van der Waals surface area contributed by atoms with E-state index in [-0.39, 0.29) is 24.2 Å². The van der Waals surface area contributed by atoms with E-state index in [1.165, 1.54) is 12.4 Å². The van der Waals surface area contributed by atoms with Crippen LogP contribution in [0.1, 0.15) is 28.8 Å². The summed E-state index contributed by atoms with van der Waals surface area (Å²) >= 11 is 0. The topological polar surface area (TPSA) is 77.4 Å². The first-order valence-corrected chi connectivity index (χ1v) is 8.53. The number of amides is 1. The lowest BCUT2D eigenvalue weighted by atomic mass is 10.1. The molecule has 1 saturated carbocycles. The summed E-state index contributed by atoms with van der Waals surface area (Å²) in [7, 11) is 0. The molecule has 0 N–H and O–H groups in total. The first-order chi connectivity index (χ1) is 12.3. The normalized spacial score (nSPS) is 25.6. The van der Waals surface area contributed by atoms with Crippen molar-refractivity contribution in [3.63, 3.8) is 0 Å². The molecular formula is C18H20N4O3. The fourth-order valence-corrected chi connectivity index (χ4v) is 3.62. The van der Waals surface area contributed by atoms with Crippen LogP contribution < -0.4 is 0 Å². The molecule has 7 nitrogen and oxygen atoms in total. The average molecular weight is 340 g/mol. The maximum atomic E-state index is 12.9. The molecule has 0 radical (unpaired) electrons. The molecule has 2 aromatic heterocycles. The van der Waals surface area contributed by atoms with Crippen LogP contribution in [0.25, 0.3) is 0 Å². The Hall–Kier alpha value is -2.38. The number of pyridine rings is 1. The number of carbonyl (C=O) groups excluding carboxylic acids is 1.